The van der Waals surface area contributed by atoms with Crippen LogP contribution in [0.3, 0.4) is 0 Å². The number of hydrogen-bond donors (Lipinski definition) is 2. The fourth-order valence-corrected chi connectivity index (χ4v) is 3.26. The third kappa shape index (κ3) is 3.30. The fraction of sp³-hybridized carbons (Fsp3) is 0.333. The van der Waals surface area contributed by atoms with E-state index in [2.05, 4.69) is 25.5 Å². The first kappa shape index (κ1) is 16.3. The first-order chi connectivity index (χ1) is 12.7. The number of carbonyl (C=O) groups is 2. The maximum absolute atomic E-state index is 12.9. The normalized spacial score (nSPS) is 17.0. The number of nitrogens with zero attached hydrogens (tertiary/aromatic N) is 4. The van der Waals surface area contributed by atoms with Gasteiger partial charge in [0, 0.05) is 44.1 Å². The van der Waals surface area contributed by atoms with Crippen LogP contribution in [0.4, 0.5) is 17.3 Å². The first-order valence-corrected chi connectivity index (χ1v) is 8.70. The molecule has 2 aliphatic rings. The lowest BCUT2D eigenvalue weighted by Gasteiger charge is -2.23. The minimum Gasteiger partial charge on any atom is -0.374 e. The van der Waals surface area contributed by atoms with Crippen molar-refractivity contribution in [3.63, 3.8) is 0 Å². The van der Waals surface area contributed by atoms with Crippen LogP contribution in [0.2, 0.25) is 0 Å². The fourth-order valence-electron chi connectivity index (χ4n) is 3.26. The molecule has 0 radical (unpaired) electrons. The number of nitrogens with one attached hydrogen (secondary N) is 2. The van der Waals surface area contributed by atoms with Crippen molar-refractivity contribution in [1.82, 2.24) is 14.9 Å². The van der Waals surface area contributed by atoms with Gasteiger partial charge in [-0.15, -0.1) is 0 Å². The van der Waals surface area contributed by atoms with Gasteiger partial charge < -0.3 is 20.4 Å². The Bertz CT molecular complexity index is 826. The Balaban J connectivity index is 1.47. The largest absolute Gasteiger partial charge is 0.374 e. The first-order valence-electron chi connectivity index (χ1n) is 8.70. The van der Waals surface area contributed by atoms with Crippen LogP contribution in [0.25, 0.3) is 0 Å². The zero-order chi connectivity index (χ0) is 17.9. The predicted molar refractivity (Wildman–Crippen MR) is 98.3 cm³/mol. The standard InChI is InChI=1S/C18H20N6O2/c25-16-12-21-14-4-3-13(11-15(14)22-16)17(26)23-7-2-8-24(10-9-23)18-19-5-1-6-20-18/h1,3-6,11,21H,2,7-10,12H2,(H,22,25). The molecule has 2 aliphatic heterocycles. The Morgan fingerprint density at radius 3 is 2.73 bits per heavy atom. The molecule has 0 aliphatic carbocycles. The van der Waals surface area contributed by atoms with Gasteiger partial charge in [0.2, 0.25) is 11.9 Å². The number of anilines is 3. The van der Waals surface area contributed by atoms with Crippen molar-refractivity contribution in [3.05, 3.63) is 42.2 Å². The molecule has 2 aromatic rings. The van der Waals surface area contributed by atoms with Crippen LogP contribution < -0.4 is 15.5 Å². The molecular formula is C18H20N6O2. The SMILES string of the molecule is O=C1CNc2ccc(C(=O)N3CCCN(c4ncccn4)CC3)cc2N1. The monoisotopic (exact) mass is 352 g/mol. The number of carbonyl (C=O) groups excluding carboxylic acids is 2. The highest BCUT2D eigenvalue weighted by atomic mass is 16.2. The second kappa shape index (κ2) is 6.99. The van der Waals surface area contributed by atoms with Gasteiger partial charge in [0.05, 0.1) is 17.9 Å². The van der Waals surface area contributed by atoms with Crippen LogP contribution >= 0.6 is 0 Å². The van der Waals surface area contributed by atoms with E-state index in [1.54, 1.807) is 30.6 Å². The van der Waals surface area contributed by atoms with Crippen LogP contribution in [0.5, 0.6) is 0 Å². The molecule has 1 saturated heterocycles. The number of hydrogen-bond acceptors (Lipinski definition) is 6. The van der Waals surface area contributed by atoms with Crippen molar-refractivity contribution >= 4 is 29.1 Å². The number of fused-ring (bicyclic) bond motifs is 1. The minimum absolute atomic E-state index is 0.0246. The van der Waals surface area contributed by atoms with Crippen molar-refractivity contribution in [1.29, 1.82) is 0 Å². The molecule has 0 spiro atoms. The molecule has 1 aromatic carbocycles. The summed E-state index contributed by atoms with van der Waals surface area (Å²) < 4.78 is 0. The Kier molecular flexibility index (Phi) is 4.39. The van der Waals surface area contributed by atoms with Crippen LogP contribution in [0.15, 0.2) is 36.7 Å². The highest BCUT2D eigenvalue weighted by Crippen LogP contribution is 2.26. The highest BCUT2D eigenvalue weighted by Gasteiger charge is 2.23. The van der Waals surface area contributed by atoms with E-state index in [9.17, 15) is 9.59 Å². The van der Waals surface area contributed by atoms with Gasteiger partial charge in [0.1, 0.15) is 0 Å². The molecule has 0 bridgehead atoms. The molecule has 0 atom stereocenters. The van der Waals surface area contributed by atoms with Gasteiger partial charge in [-0.25, -0.2) is 9.97 Å². The summed E-state index contributed by atoms with van der Waals surface area (Å²) in [5.41, 5.74) is 2.07. The molecule has 2 amide bonds. The summed E-state index contributed by atoms with van der Waals surface area (Å²) in [6, 6.07) is 7.17. The molecular weight excluding hydrogens is 332 g/mol. The topological polar surface area (TPSA) is 90.5 Å². The van der Waals surface area contributed by atoms with Crippen molar-refractivity contribution in [2.75, 3.05) is 48.3 Å². The molecule has 1 aromatic heterocycles. The number of rotatable bonds is 2. The lowest BCUT2D eigenvalue weighted by atomic mass is 10.1. The molecule has 2 N–H and O–H groups in total. The Morgan fingerprint density at radius 2 is 1.88 bits per heavy atom. The summed E-state index contributed by atoms with van der Waals surface area (Å²) in [7, 11) is 0. The number of aromatic nitrogens is 2. The van der Waals surface area contributed by atoms with Crippen LogP contribution in [-0.2, 0) is 4.79 Å². The zero-order valence-corrected chi connectivity index (χ0v) is 14.3. The summed E-state index contributed by atoms with van der Waals surface area (Å²) in [5, 5.41) is 5.84. The van der Waals surface area contributed by atoms with Crippen LogP contribution in [0, 0.1) is 0 Å². The van der Waals surface area contributed by atoms with Gasteiger partial charge in [0.25, 0.3) is 5.91 Å². The predicted octanol–water partition coefficient (Wildman–Crippen LogP) is 1.19. The lowest BCUT2D eigenvalue weighted by molar-refractivity contribution is -0.114. The molecule has 8 nitrogen and oxygen atoms in total. The average molecular weight is 352 g/mol. The second-order valence-corrected chi connectivity index (χ2v) is 6.34. The Hall–Kier alpha value is -3.16. The minimum atomic E-state index is -0.102. The lowest BCUT2D eigenvalue weighted by Crippen LogP contribution is -2.35. The molecule has 0 saturated carbocycles. The summed E-state index contributed by atoms with van der Waals surface area (Å²) in [6.07, 6.45) is 4.31. The molecule has 1 fully saturated rings. The van der Waals surface area contributed by atoms with Crippen molar-refractivity contribution in [3.8, 4) is 0 Å². The molecule has 26 heavy (non-hydrogen) atoms. The van der Waals surface area contributed by atoms with E-state index in [1.165, 1.54) is 0 Å². The van der Waals surface area contributed by atoms with Gasteiger partial charge in [-0.2, -0.15) is 0 Å². The molecule has 4 rings (SSSR count). The third-order valence-electron chi connectivity index (χ3n) is 4.60. The van der Waals surface area contributed by atoms with Gasteiger partial charge in [-0.05, 0) is 30.7 Å². The van der Waals surface area contributed by atoms with Gasteiger partial charge in [0.15, 0.2) is 0 Å². The van der Waals surface area contributed by atoms with E-state index < -0.39 is 0 Å². The summed E-state index contributed by atoms with van der Waals surface area (Å²) >= 11 is 0. The average Bonchev–Trinajstić information content (AvgIpc) is 2.94. The van der Waals surface area contributed by atoms with E-state index in [0.29, 0.717) is 36.8 Å². The highest BCUT2D eigenvalue weighted by molar-refractivity contribution is 6.03. The Labute approximate surface area is 151 Å². The van der Waals surface area contributed by atoms with E-state index in [0.717, 1.165) is 18.7 Å². The summed E-state index contributed by atoms with van der Waals surface area (Å²) in [6.45, 7) is 3.06. The van der Waals surface area contributed by atoms with Crippen LogP contribution in [-0.4, -0.2) is 59.4 Å². The maximum atomic E-state index is 12.9. The van der Waals surface area contributed by atoms with Crippen molar-refractivity contribution in [2.24, 2.45) is 0 Å². The zero-order valence-electron chi connectivity index (χ0n) is 14.3. The van der Waals surface area contributed by atoms with Gasteiger partial charge in [-0.3, -0.25) is 9.59 Å². The van der Waals surface area contributed by atoms with E-state index in [-0.39, 0.29) is 18.4 Å². The van der Waals surface area contributed by atoms with E-state index in [1.807, 2.05) is 11.0 Å². The van der Waals surface area contributed by atoms with Crippen molar-refractivity contribution < 1.29 is 9.59 Å². The number of amides is 2. The second-order valence-electron chi connectivity index (χ2n) is 6.34. The third-order valence-corrected chi connectivity index (χ3v) is 4.60. The number of benzene rings is 1. The molecule has 8 heteroatoms. The summed E-state index contributed by atoms with van der Waals surface area (Å²) in [5.74, 6) is 0.572. The van der Waals surface area contributed by atoms with Gasteiger partial charge in [-0.1, -0.05) is 0 Å². The molecule has 3 heterocycles. The smallest absolute Gasteiger partial charge is 0.253 e. The van der Waals surface area contributed by atoms with E-state index >= 15 is 0 Å². The summed E-state index contributed by atoms with van der Waals surface area (Å²) in [4.78, 5) is 37.0. The molecule has 134 valence electrons. The molecule has 0 unspecified atom stereocenters. The maximum Gasteiger partial charge on any atom is 0.253 e. The Morgan fingerprint density at radius 1 is 1.04 bits per heavy atom. The van der Waals surface area contributed by atoms with E-state index in [4.69, 9.17) is 0 Å². The van der Waals surface area contributed by atoms with Gasteiger partial charge >= 0.3 is 0 Å². The van der Waals surface area contributed by atoms with Crippen LogP contribution in [0.1, 0.15) is 16.8 Å². The quantitative estimate of drug-likeness (QED) is 0.844. The van der Waals surface area contributed by atoms with Crippen molar-refractivity contribution in [2.45, 2.75) is 6.42 Å².